The lowest BCUT2D eigenvalue weighted by molar-refractivity contribution is 0.104. The van der Waals surface area contributed by atoms with Crippen LogP contribution in [-0.2, 0) is 16.1 Å². The van der Waals surface area contributed by atoms with E-state index in [1.165, 1.54) is 6.08 Å². The van der Waals surface area contributed by atoms with Crippen LogP contribution in [0.2, 0.25) is 0 Å². The molecule has 0 aliphatic carbocycles. The van der Waals surface area contributed by atoms with E-state index in [1.54, 1.807) is 11.9 Å². The molecular weight excluding hydrogens is 280 g/mol. The predicted molar refractivity (Wildman–Crippen MR) is 85.3 cm³/mol. The van der Waals surface area contributed by atoms with E-state index in [2.05, 4.69) is 4.99 Å². The number of hydrogen-bond acceptors (Lipinski definition) is 4. The van der Waals surface area contributed by atoms with Crippen molar-refractivity contribution >= 4 is 12.2 Å². The van der Waals surface area contributed by atoms with Crippen LogP contribution in [0.4, 0.5) is 4.79 Å². The zero-order chi connectivity index (χ0) is 16.0. The molecule has 5 nitrogen and oxygen atoms in total. The fourth-order valence-electron chi connectivity index (χ4n) is 2.04. The maximum absolute atomic E-state index is 11.8. The van der Waals surface area contributed by atoms with Crippen molar-refractivity contribution in [1.29, 1.82) is 0 Å². The van der Waals surface area contributed by atoms with E-state index >= 15 is 0 Å². The third-order valence-corrected chi connectivity index (χ3v) is 3.34. The number of rotatable bonds is 10. The molecule has 0 aromatic heterocycles. The van der Waals surface area contributed by atoms with Gasteiger partial charge in [0.05, 0.1) is 6.54 Å². The summed E-state index contributed by atoms with van der Waals surface area (Å²) in [6.45, 7) is 1.57. The van der Waals surface area contributed by atoms with Crippen LogP contribution in [0.1, 0.15) is 37.7 Å². The van der Waals surface area contributed by atoms with Gasteiger partial charge in [-0.05, 0) is 18.4 Å². The first-order valence-corrected chi connectivity index (χ1v) is 7.69. The van der Waals surface area contributed by atoms with Gasteiger partial charge in [-0.3, -0.25) is 0 Å². The Labute approximate surface area is 132 Å². The lowest BCUT2D eigenvalue weighted by atomic mass is 10.1. The minimum atomic E-state index is -0.288. The van der Waals surface area contributed by atoms with Gasteiger partial charge in [-0.15, -0.1) is 0 Å². The molecule has 1 amide bonds. The summed E-state index contributed by atoms with van der Waals surface area (Å²) in [5.41, 5.74) is 0.988. The van der Waals surface area contributed by atoms with Gasteiger partial charge in [0, 0.05) is 13.6 Å². The summed E-state index contributed by atoms with van der Waals surface area (Å²) in [6, 6.07) is 9.65. The average molecular weight is 304 g/mol. The van der Waals surface area contributed by atoms with Crippen molar-refractivity contribution in [3.05, 3.63) is 35.9 Å². The summed E-state index contributed by atoms with van der Waals surface area (Å²) >= 11 is 0. The monoisotopic (exact) mass is 304 g/mol. The van der Waals surface area contributed by atoms with Crippen LogP contribution < -0.4 is 0 Å². The topological polar surface area (TPSA) is 59.0 Å². The molecule has 5 heteroatoms. The molecule has 0 radical (unpaired) electrons. The Morgan fingerprint density at radius 3 is 2.55 bits per heavy atom. The number of ether oxygens (including phenoxy) is 1. The van der Waals surface area contributed by atoms with Crippen molar-refractivity contribution in [2.24, 2.45) is 4.99 Å². The first-order valence-electron chi connectivity index (χ1n) is 7.69. The number of unbranched alkanes of at least 4 members (excludes halogenated alkanes) is 4. The van der Waals surface area contributed by atoms with Crippen molar-refractivity contribution in [1.82, 2.24) is 4.90 Å². The largest absolute Gasteiger partial charge is 0.445 e. The molecule has 1 rings (SSSR count). The molecule has 1 aromatic carbocycles. The summed E-state index contributed by atoms with van der Waals surface area (Å²) in [6.07, 6.45) is 6.31. The standard InChI is InChI=1S/C17H24N2O3/c1-19(13-9-4-2-3-8-12-18-15-20)17(21)22-14-16-10-6-5-7-11-16/h5-7,10-11H,2-4,8-9,12-14H2,1H3. The molecule has 0 atom stereocenters. The van der Waals surface area contributed by atoms with E-state index in [0.29, 0.717) is 19.7 Å². The molecule has 22 heavy (non-hydrogen) atoms. The summed E-state index contributed by atoms with van der Waals surface area (Å²) in [4.78, 5) is 26.8. The van der Waals surface area contributed by atoms with E-state index in [9.17, 15) is 9.59 Å². The first kappa shape index (κ1) is 17.9. The van der Waals surface area contributed by atoms with E-state index in [1.807, 2.05) is 30.3 Å². The first-order chi connectivity index (χ1) is 10.7. The Kier molecular flexibility index (Phi) is 9.38. The highest BCUT2D eigenvalue weighted by Crippen LogP contribution is 2.06. The van der Waals surface area contributed by atoms with Crippen LogP contribution in [0.3, 0.4) is 0 Å². The van der Waals surface area contributed by atoms with Gasteiger partial charge in [-0.2, -0.15) is 0 Å². The van der Waals surface area contributed by atoms with E-state index in [4.69, 9.17) is 4.74 Å². The van der Waals surface area contributed by atoms with Gasteiger partial charge in [-0.1, -0.05) is 49.6 Å². The number of amides is 1. The van der Waals surface area contributed by atoms with Gasteiger partial charge in [0.1, 0.15) is 6.61 Å². The van der Waals surface area contributed by atoms with Crippen molar-refractivity contribution in [2.45, 2.75) is 38.7 Å². The molecule has 1 aromatic rings. The Hall–Kier alpha value is -2.13. The van der Waals surface area contributed by atoms with Gasteiger partial charge in [0.2, 0.25) is 6.08 Å². The summed E-state index contributed by atoms with van der Waals surface area (Å²) in [5, 5.41) is 0. The van der Waals surface area contributed by atoms with Crippen LogP contribution >= 0.6 is 0 Å². The lowest BCUT2D eigenvalue weighted by Gasteiger charge is -2.16. The number of nitrogens with zero attached hydrogens (tertiary/aromatic N) is 2. The summed E-state index contributed by atoms with van der Waals surface area (Å²) in [5.74, 6) is 0. The van der Waals surface area contributed by atoms with Crippen LogP contribution in [0.5, 0.6) is 0 Å². The molecule has 0 unspecified atom stereocenters. The number of isocyanates is 1. The fourth-order valence-corrected chi connectivity index (χ4v) is 2.04. The molecular formula is C17H24N2O3. The van der Waals surface area contributed by atoms with Gasteiger partial charge < -0.3 is 9.64 Å². The Balaban J connectivity index is 2.05. The van der Waals surface area contributed by atoms with Gasteiger partial charge in [0.15, 0.2) is 0 Å². The molecule has 0 aliphatic heterocycles. The average Bonchev–Trinajstić information content (AvgIpc) is 2.55. The summed E-state index contributed by atoms with van der Waals surface area (Å²) in [7, 11) is 1.76. The Bertz CT molecular complexity index is 470. The zero-order valence-corrected chi connectivity index (χ0v) is 13.2. The Morgan fingerprint density at radius 1 is 1.14 bits per heavy atom. The maximum Gasteiger partial charge on any atom is 0.409 e. The third kappa shape index (κ3) is 8.22. The molecule has 0 spiro atoms. The van der Waals surface area contributed by atoms with Crippen molar-refractivity contribution in [3.8, 4) is 0 Å². The number of carbonyl (C=O) groups excluding carboxylic acids is 2. The molecule has 120 valence electrons. The number of aliphatic imine (C=N–C) groups is 1. The van der Waals surface area contributed by atoms with Crippen molar-refractivity contribution in [3.63, 3.8) is 0 Å². The SMILES string of the molecule is CN(CCCCCCCN=C=O)C(=O)OCc1ccccc1. The highest BCUT2D eigenvalue weighted by atomic mass is 16.6. The highest BCUT2D eigenvalue weighted by Gasteiger charge is 2.09. The highest BCUT2D eigenvalue weighted by molar-refractivity contribution is 5.67. The molecule has 0 aliphatic rings. The van der Waals surface area contributed by atoms with Crippen LogP contribution in [-0.4, -0.2) is 37.2 Å². The van der Waals surface area contributed by atoms with Gasteiger partial charge >= 0.3 is 6.09 Å². The predicted octanol–water partition coefficient (Wildman–Crippen LogP) is 3.54. The van der Waals surface area contributed by atoms with E-state index < -0.39 is 0 Å². The van der Waals surface area contributed by atoms with Crippen molar-refractivity contribution < 1.29 is 14.3 Å². The smallest absolute Gasteiger partial charge is 0.409 e. The second kappa shape index (κ2) is 11.5. The molecule has 0 N–H and O–H groups in total. The number of carbonyl (C=O) groups is 1. The van der Waals surface area contributed by atoms with Gasteiger partial charge in [0.25, 0.3) is 0 Å². The molecule has 0 fully saturated rings. The number of benzene rings is 1. The fraction of sp³-hybridized carbons (Fsp3) is 0.529. The molecule has 0 saturated heterocycles. The van der Waals surface area contributed by atoms with Crippen LogP contribution in [0.25, 0.3) is 0 Å². The molecule has 0 saturated carbocycles. The van der Waals surface area contributed by atoms with Crippen LogP contribution in [0, 0.1) is 0 Å². The van der Waals surface area contributed by atoms with Crippen LogP contribution in [0.15, 0.2) is 35.3 Å². The van der Waals surface area contributed by atoms with E-state index in [-0.39, 0.29) is 6.09 Å². The minimum Gasteiger partial charge on any atom is -0.445 e. The summed E-state index contributed by atoms with van der Waals surface area (Å²) < 4.78 is 5.25. The van der Waals surface area contributed by atoms with E-state index in [0.717, 1.165) is 37.7 Å². The van der Waals surface area contributed by atoms with Crippen molar-refractivity contribution in [2.75, 3.05) is 20.1 Å². The lowest BCUT2D eigenvalue weighted by Crippen LogP contribution is -2.28. The number of hydrogen-bond donors (Lipinski definition) is 0. The third-order valence-electron chi connectivity index (χ3n) is 3.34. The zero-order valence-electron chi connectivity index (χ0n) is 13.2. The normalized spacial score (nSPS) is 9.86. The van der Waals surface area contributed by atoms with Gasteiger partial charge in [-0.25, -0.2) is 14.6 Å². The Morgan fingerprint density at radius 2 is 1.82 bits per heavy atom. The quantitative estimate of drug-likeness (QED) is 0.377. The second-order valence-corrected chi connectivity index (χ2v) is 5.20. The second-order valence-electron chi connectivity index (χ2n) is 5.20. The maximum atomic E-state index is 11.8. The molecule has 0 heterocycles. The minimum absolute atomic E-state index is 0.288. The molecule has 0 bridgehead atoms.